The molecule has 0 aromatic heterocycles. The lowest BCUT2D eigenvalue weighted by atomic mass is 10.2. The van der Waals surface area contributed by atoms with Gasteiger partial charge in [0.05, 0.1) is 9.95 Å². The molecule has 1 N–H and O–H groups in total. The van der Waals surface area contributed by atoms with E-state index in [0.717, 1.165) is 0 Å². The molecule has 0 aliphatic heterocycles. The lowest BCUT2D eigenvalue weighted by molar-refractivity contribution is -0.384. The maximum atomic E-state index is 12.0. The zero-order valence-corrected chi connectivity index (χ0v) is 13.4. The van der Waals surface area contributed by atoms with Crippen molar-refractivity contribution < 1.29 is 9.72 Å². The highest BCUT2D eigenvalue weighted by Gasteiger charge is 2.14. The molecule has 0 fully saturated rings. The summed E-state index contributed by atoms with van der Waals surface area (Å²) in [6, 6.07) is 8.71. The number of hydrogen-bond acceptors (Lipinski definition) is 3. The van der Waals surface area contributed by atoms with E-state index in [1.807, 2.05) is 0 Å². The number of rotatable bonds is 3. The average Bonchev–Trinajstić information content (AvgIpc) is 2.41. The molecule has 0 spiro atoms. The Morgan fingerprint density at radius 3 is 2.43 bits per heavy atom. The molecule has 0 heterocycles. The minimum absolute atomic E-state index is 0.0494. The fraction of sp³-hybridized carbons (Fsp3) is 0. The molecule has 0 aliphatic rings. The SMILES string of the molecule is O=C(Nc1ccc([N+](=O)[O-])c(Cl)c1)c1ccc(Br)c(Cl)c1. The Hall–Kier alpha value is -1.63. The van der Waals surface area contributed by atoms with Crippen LogP contribution in [0, 0.1) is 10.1 Å². The third kappa shape index (κ3) is 3.72. The third-order valence-electron chi connectivity index (χ3n) is 2.58. The van der Waals surface area contributed by atoms with Crippen LogP contribution in [0.5, 0.6) is 0 Å². The predicted octanol–water partition coefficient (Wildman–Crippen LogP) is 4.92. The second kappa shape index (κ2) is 6.43. The quantitative estimate of drug-likeness (QED) is 0.598. The normalized spacial score (nSPS) is 10.2. The molecule has 8 heteroatoms. The lowest BCUT2D eigenvalue weighted by Crippen LogP contribution is -2.11. The first-order valence-corrected chi connectivity index (χ1v) is 7.13. The van der Waals surface area contributed by atoms with Gasteiger partial charge < -0.3 is 5.32 Å². The molecule has 0 unspecified atom stereocenters. The van der Waals surface area contributed by atoms with Crippen LogP contribution in [-0.4, -0.2) is 10.8 Å². The Morgan fingerprint density at radius 1 is 1.14 bits per heavy atom. The summed E-state index contributed by atoms with van der Waals surface area (Å²) in [5.74, 6) is -0.394. The molecule has 2 aromatic rings. The van der Waals surface area contributed by atoms with Gasteiger partial charge in [0.2, 0.25) is 0 Å². The number of nitro groups is 1. The van der Waals surface area contributed by atoms with Gasteiger partial charge in [-0.3, -0.25) is 14.9 Å². The molecule has 0 atom stereocenters. The summed E-state index contributed by atoms with van der Waals surface area (Å²) in [5.41, 5.74) is 0.494. The van der Waals surface area contributed by atoms with Crippen LogP contribution in [0.4, 0.5) is 11.4 Å². The molecule has 0 saturated carbocycles. The van der Waals surface area contributed by atoms with E-state index in [-0.39, 0.29) is 10.7 Å². The van der Waals surface area contributed by atoms with E-state index in [9.17, 15) is 14.9 Å². The summed E-state index contributed by atoms with van der Waals surface area (Å²) in [7, 11) is 0. The van der Waals surface area contributed by atoms with Gasteiger partial charge in [-0.05, 0) is 46.3 Å². The molecule has 2 aromatic carbocycles. The summed E-state index contributed by atoms with van der Waals surface area (Å²) < 4.78 is 0.680. The van der Waals surface area contributed by atoms with E-state index >= 15 is 0 Å². The summed E-state index contributed by atoms with van der Waals surface area (Å²) in [6.07, 6.45) is 0. The minimum Gasteiger partial charge on any atom is -0.322 e. The van der Waals surface area contributed by atoms with Gasteiger partial charge in [0, 0.05) is 21.8 Å². The van der Waals surface area contributed by atoms with E-state index in [2.05, 4.69) is 21.2 Å². The number of halogens is 3. The highest BCUT2D eigenvalue weighted by molar-refractivity contribution is 9.10. The highest BCUT2D eigenvalue weighted by atomic mass is 79.9. The smallest absolute Gasteiger partial charge is 0.288 e. The first-order chi connectivity index (χ1) is 9.88. The molecule has 0 saturated heterocycles. The van der Waals surface area contributed by atoms with Gasteiger partial charge in [-0.1, -0.05) is 23.2 Å². The first-order valence-electron chi connectivity index (χ1n) is 5.59. The van der Waals surface area contributed by atoms with Crippen molar-refractivity contribution in [2.24, 2.45) is 0 Å². The summed E-state index contributed by atoms with van der Waals surface area (Å²) >= 11 is 14.9. The first kappa shape index (κ1) is 15.8. The number of carbonyl (C=O) groups is 1. The van der Waals surface area contributed by atoms with Crippen molar-refractivity contribution in [1.29, 1.82) is 0 Å². The van der Waals surface area contributed by atoms with E-state index in [1.54, 1.807) is 12.1 Å². The third-order valence-corrected chi connectivity index (χ3v) is 4.12. The Balaban J connectivity index is 2.21. The number of nitro benzene ring substituents is 1. The van der Waals surface area contributed by atoms with Crippen LogP contribution in [0.3, 0.4) is 0 Å². The van der Waals surface area contributed by atoms with Crippen molar-refractivity contribution in [3.05, 3.63) is 66.6 Å². The van der Waals surface area contributed by atoms with Crippen molar-refractivity contribution in [2.75, 3.05) is 5.32 Å². The average molecular weight is 390 g/mol. The maximum Gasteiger partial charge on any atom is 0.288 e. The molecular weight excluding hydrogens is 383 g/mol. The Morgan fingerprint density at radius 2 is 1.86 bits per heavy atom. The molecule has 1 amide bonds. The Labute approximate surface area is 138 Å². The monoisotopic (exact) mass is 388 g/mol. The van der Waals surface area contributed by atoms with Crippen LogP contribution >= 0.6 is 39.1 Å². The van der Waals surface area contributed by atoms with Gasteiger partial charge in [-0.25, -0.2) is 0 Å². The standard InChI is InChI=1S/C13H7BrCl2N2O3/c14-9-3-1-7(5-10(9)15)13(19)17-8-2-4-12(18(20)21)11(16)6-8/h1-6H,(H,17,19). The largest absolute Gasteiger partial charge is 0.322 e. The van der Waals surface area contributed by atoms with E-state index in [1.165, 1.54) is 24.3 Å². The number of anilines is 1. The van der Waals surface area contributed by atoms with Crippen LogP contribution < -0.4 is 5.32 Å². The highest BCUT2D eigenvalue weighted by Crippen LogP contribution is 2.28. The van der Waals surface area contributed by atoms with Gasteiger partial charge >= 0.3 is 0 Å². The van der Waals surface area contributed by atoms with E-state index in [0.29, 0.717) is 20.7 Å². The number of nitrogens with zero attached hydrogens (tertiary/aromatic N) is 1. The Kier molecular flexibility index (Phi) is 4.82. The van der Waals surface area contributed by atoms with Gasteiger partial charge in [0.25, 0.3) is 11.6 Å². The van der Waals surface area contributed by atoms with Crippen molar-refractivity contribution in [1.82, 2.24) is 0 Å². The van der Waals surface area contributed by atoms with Gasteiger partial charge in [-0.2, -0.15) is 0 Å². The van der Waals surface area contributed by atoms with Crippen LogP contribution in [0.25, 0.3) is 0 Å². The zero-order valence-electron chi connectivity index (χ0n) is 10.3. The fourth-order valence-corrected chi connectivity index (χ4v) is 2.25. The number of benzene rings is 2. The maximum absolute atomic E-state index is 12.0. The molecule has 5 nitrogen and oxygen atoms in total. The minimum atomic E-state index is -0.595. The van der Waals surface area contributed by atoms with Crippen molar-refractivity contribution in [3.8, 4) is 0 Å². The van der Waals surface area contributed by atoms with Crippen LogP contribution in [0.1, 0.15) is 10.4 Å². The second-order valence-electron chi connectivity index (χ2n) is 4.01. The fourth-order valence-electron chi connectivity index (χ4n) is 1.57. The van der Waals surface area contributed by atoms with Gasteiger partial charge in [-0.15, -0.1) is 0 Å². The topological polar surface area (TPSA) is 72.2 Å². The molecule has 0 bridgehead atoms. The summed E-state index contributed by atoms with van der Waals surface area (Å²) in [4.78, 5) is 22.1. The summed E-state index contributed by atoms with van der Waals surface area (Å²) in [5, 5.41) is 13.6. The van der Waals surface area contributed by atoms with Gasteiger partial charge in [0.15, 0.2) is 0 Å². The number of hydrogen-bond donors (Lipinski definition) is 1. The van der Waals surface area contributed by atoms with E-state index in [4.69, 9.17) is 23.2 Å². The number of carbonyl (C=O) groups excluding carboxylic acids is 1. The zero-order chi connectivity index (χ0) is 15.6. The van der Waals surface area contributed by atoms with Gasteiger partial charge in [0.1, 0.15) is 5.02 Å². The Bertz CT molecular complexity index is 737. The molecule has 2 rings (SSSR count). The van der Waals surface area contributed by atoms with Crippen LogP contribution in [0.15, 0.2) is 40.9 Å². The number of amides is 1. The van der Waals surface area contributed by atoms with Crippen LogP contribution in [-0.2, 0) is 0 Å². The molecule has 0 aliphatic carbocycles. The molecule has 21 heavy (non-hydrogen) atoms. The number of nitrogens with one attached hydrogen (secondary N) is 1. The molecule has 108 valence electrons. The van der Waals surface area contributed by atoms with E-state index < -0.39 is 10.8 Å². The summed E-state index contributed by atoms with van der Waals surface area (Å²) in [6.45, 7) is 0. The lowest BCUT2D eigenvalue weighted by Gasteiger charge is -2.07. The van der Waals surface area contributed by atoms with Crippen molar-refractivity contribution in [3.63, 3.8) is 0 Å². The van der Waals surface area contributed by atoms with Crippen molar-refractivity contribution in [2.45, 2.75) is 0 Å². The predicted molar refractivity (Wildman–Crippen MR) is 85.2 cm³/mol. The van der Waals surface area contributed by atoms with Crippen molar-refractivity contribution >= 4 is 56.4 Å². The molecular formula is C13H7BrCl2N2O3. The second-order valence-corrected chi connectivity index (χ2v) is 5.68. The van der Waals surface area contributed by atoms with Crippen LogP contribution in [0.2, 0.25) is 10.0 Å². The molecule has 0 radical (unpaired) electrons.